The Labute approximate surface area is 220 Å². The first-order chi connectivity index (χ1) is 17.2. The molecule has 1 aromatic heterocycles. The van der Waals surface area contributed by atoms with Crippen LogP contribution in [0.15, 0.2) is 60.3 Å². The van der Waals surface area contributed by atoms with E-state index in [1.54, 1.807) is 36.4 Å². The number of rotatable bonds is 11. The molecule has 3 aromatic rings. The summed E-state index contributed by atoms with van der Waals surface area (Å²) in [6.07, 6.45) is 1.73. The van der Waals surface area contributed by atoms with Crippen molar-refractivity contribution < 1.29 is 14.3 Å². The highest BCUT2D eigenvalue weighted by molar-refractivity contribution is 7.99. The average molecular weight is 528 g/mol. The number of nitrogens with one attached hydrogen (secondary N) is 2. The molecule has 0 bridgehead atoms. The Balaban J connectivity index is 1.76. The summed E-state index contributed by atoms with van der Waals surface area (Å²) in [4.78, 5) is 25.6. The fourth-order valence-electron chi connectivity index (χ4n) is 3.49. The Kier molecular flexibility index (Phi) is 9.55. The topological polar surface area (TPSA) is 98.1 Å². The maximum atomic E-state index is 12.9. The molecular weight excluding hydrogens is 498 g/mol. The van der Waals surface area contributed by atoms with Crippen molar-refractivity contribution in [3.05, 3.63) is 77.1 Å². The van der Waals surface area contributed by atoms with Gasteiger partial charge in [0.2, 0.25) is 5.91 Å². The lowest BCUT2D eigenvalue weighted by Gasteiger charge is -2.22. The number of anilines is 1. The number of aromatic nitrogens is 3. The molecule has 1 heterocycles. The third kappa shape index (κ3) is 6.89. The van der Waals surface area contributed by atoms with Crippen LogP contribution in [0.3, 0.4) is 0 Å². The summed E-state index contributed by atoms with van der Waals surface area (Å²) in [6.45, 7) is 10.3. The number of methoxy groups -OCH3 is 1. The number of benzene rings is 2. The molecule has 0 aliphatic carbocycles. The lowest BCUT2D eigenvalue weighted by molar-refractivity contribution is -0.113. The van der Waals surface area contributed by atoms with Crippen LogP contribution in [-0.2, 0) is 11.3 Å². The zero-order valence-corrected chi connectivity index (χ0v) is 22.3. The number of hydrogen-bond acceptors (Lipinski definition) is 6. The smallest absolute Gasteiger partial charge is 0.251 e. The van der Waals surface area contributed by atoms with Crippen molar-refractivity contribution in [3.8, 4) is 5.75 Å². The van der Waals surface area contributed by atoms with Gasteiger partial charge in [0, 0.05) is 17.1 Å². The lowest BCUT2D eigenvalue weighted by atomic mass is 10.0. The van der Waals surface area contributed by atoms with E-state index in [2.05, 4.69) is 27.4 Å². The first-order valence-electron chi connectivity index (χ1n) is 11.4. The molecule has 0 unspecified atom stereocenters. The Morgan fingerprint density at radius 3 is 2.56 bits per heavy atom. The molecule has 2 amide bonds. The van der Waals surface area contributed by atoms with Crippen molar-refractivity contribution in [3.63, 3.8) is 0 Å². The van der Waals surface area contributed by atoms with Gasteiger partial charge in [0.1, 0.15) is 5.75 Å². The number of hydrogen-bond donors (Lipinski definition) is 2. The number of nitrogens with zero attached hydrogens (tertiary/aromatic N) is 3. The van der Waals surface area contributed by atoms with E-state index in [0.29, 0.717) is 39.5 Å². The van der Waals surface area contributed by atoms with Crippen molar-refractivity contribution in [1.29, 1.82) is 0 Å². The molecule has 0 aliphatic rings. The fraction of sp³-hybridized carbons (Fsp3) is 0.308. The van der Waals surface area contributed by atoms with E-state index in [1.807, 2.05) is 37.5 Å². The molecule has 1 atom stereocenters. The van der Waals surface area contributed by atoms with E-state index in [9.17, 15) is 9.59 Å². The molecular formula is C26H30ClN5O3S. The summed E-state index contributed by atoms with van der Waals surface area (Å²) in [5.41, 5.74) is 2.14. The third-order valence-corrected chi connectivity index (χ3v) is 6.57. The maximum Gasteiger partial charge on any atom is 0.251 e. The summed E-state index contributed by atoms with van der Waals surface area (Å²) < 4.78 is 7.15. The summed E-state index contributed by atoms with van der Waals surface area (Å²) >= 11 is 7.29. The van der Waals surface area contributed by atoms with Gasteiger partial charge in [-0.3, -0.25) is 9.59 Å². The van der Waals surface area contributed by atoms with E-state index in [4.69, 9.17) is 16.3 Å². The Bertz CT molecular complexity index is 1230. The maximum absolute atomic E-state index is 12.9. The van der Waals surface area contributed by atoms with Gasteiger partial charge in [-0.15, -0.1) is 16.8 Å². The van der Waals surface area contributed by atoms with E-state index in [1.165, 1.54) is 18.9 Å². The van der Waals surface area contributed by atoms with Gasteiger partial charge >= 0.3 is 0 Å². The lowest BCUT2D eigenvalue weighted by Crippen LogP contribution is -2.33. The number of carbonyl (C=O) groups excluding carboxylic acids is 2. The average Bonchev–Trinajstić information content (AvgIpc) is 3.23. The quantitative estimate of drug-likeness (QED) is 0.259. The van der Waals surface area contributed by atoms with Crippen LogP contribution in [0.25, 0.3) is 0 Å². The van der Waals surface area contributed by atoms with Crippen LogP contribution in [0.2, 0.25) is 5.02 Å². The number of aryl methyl sites for hydroxylation is 1. The molecule has 8 nitrogen and oxygen atoms in total. The highest BCUT2D eigenvalue weighted by Crippen LogP contribution is 2.29. The zero-order chi connectivity index (χ0) is 26.2. The zero-order valence-electron chi connectivity index (χ0n) is 20.7. The molecule has 3 rings (SSSR count). The summed E-state index contributed by atoms with van der Waals surface area (Å²) in [6, 6.07) is 12.0. The van der Waals surface area contributed by atoms with Crippen molar-refractivity contribution in [1.82, 2.24) is 20.1 Å². The van der Waals surface area contributed by atoms with Crippen molar-refractivity contribution >= 4 is 40.9 Å². The molecule has 0 aliphatic heterocycles. The van der Waals surface area contributed by atoms with E-state index in [0.717, 1.165) is 5.56 Å². The second kappa shape index (κ2) is 12.6. The van der Waals surface area contributed by atoms with Crippen LogP contribution in [0, 0.1) is 12.8 Å². The molecule has 0 spiro atoms. The van der Waals surface area contributed by atoms with Crippen LogP contribution in [0.1, 0.15) is 41.6 Å². The van der Waals surface area contributed by atoms with Crippen LogP contribution in [-0.4, -0.2) is 39.4 Å². The van der Waals surface area contributed by atoms with E-state index >= 15 is 0 Å². The van der Waals surface area contributed by atoms with Crippen LogP contribution >= 0.6 is 23.4 Å². The number of thioether (sulfide) groups is 1. The second-order valence-electron chi connectivity index (χ2n) is 8.48. The van der Waals surface area contributed by atoms with E-state index in [-0.39, 0.29) is 29.5 Å². The summed E-state index contributed by atoms with van der Waals surface area (Å²) in [5.74, 6) is 0.814. The van der Waals surface area contributed by atoms with Gasteiger partial charge in [0.15, 0.2) is 11.0 Å². The SMILES string of the molecule is C=CCn1c(SCC(=O)Nc2cc(Cl)ccc2OC)nnc1[C@@H](NC(=O)c1ccc(C)cc1)C(C)C. The number of halogens is 1. The third-order valence-electron chi connectivity index (χ3n) is 5.37. The molecule has 0 saturated carbocycles. The van der Waals surface area contributed by atoms with Crippen LogP contribution in [0.4, 0.5) is 5.69 Å². The number of amides is 2. The Hall–Kier alpha value is -3.30. The van der Waals surface area contributed by atoms with Crippen molar-refractivity contribution in [2.45, 2.75) is 38.5 Å². The van der Waals surface area contributed by atoms with Crippen molar-refractivity contribution in [2.75, 3.05) is 18.2 Å². The van der Waals surface area contributed by atoms with Gasteiger partial charge in [-0.05, 0) is 43.2 Å². The first kappa shape index (κ1) is 27.3. The standard InChI is InChI=1S/C26H30ClN5O3S/c1-6-13-32-24(23(16(2)3)29-25(34)18-9-7-17(4)8-10-18)30-31-26(32)36-15-22(33)28-20-14-19(27)11-12-21(20)35-5/h6-12,14,16,23H,1,13,15H2,2-5H3,(H,28,33)(H,29,34)/t23-/m0/s1. The first-order valence-corrected chi connectivity index (χ1v) is 12.8. The predicted octanol–water partition coefficient (Wildman–Crippen LogP) is 5.29. The molecule has 10 heteroatoms. The molecule has 36 heavy (non-hydrogen) atoms. The predicted molar refractivity (Wildman–Crippen MR) is 144 cm³/mol. The van der Waals surface area contributed by atoms with Gasteiger partial charge < -0.3 is 19.9 Å². The monoisotopic (exact) mass is 527 g/mol. The van der Waals surface area contributed by atoms with Crippen LogP contribution in [0.5, 0.6) is 5.75 Å². The van der Waals surface area contributed by atoms with Gasteiger partial charge in [0.05, 0.1) is 24.6 Å². The van der Waals surface area contributed by atoms with Gasteiger partial charge in [-0.1, -0.05) is 61.0 Å². The van der Waals surface area contributed by atoms with Gasteiger partial charge in [-0.25, -0.2) is 0 Å². The highest BCUT2D eigenvalue weighted by atomic mass is 35.5. The Morgan fingerprint density at radius 2 is 1.92 bits per heavy atom. The number of carbonyl (C=O) groups is 2. The minimum absolute atomic E-state index is 0.0450. The van der Waals surface area contributed by atoms with Gasteiger partial charge in [-0.2, -0.15) is 0 Å². The summed E-state index contributed by atoms with van der Waals surface area (Å²) in [7, 11) is 1.52. The highest BCUT2D eigenvalue weighted by Gasteiger charge is 2.26. The van der Waals surface area contributed by atoms with Crippen LogP contribution < -0.4 is 15.4 Å². The molecule has 0 fully saturated rings. The molecule has 2 N–H and O–H groups in total. The number of allylic oxidation sites excluding steroid dienone is 1. The number of ether oxygens (including phenoxy) is 1. The molecule has 0 radical (unpaired) electrons. The fourth-order valence-corrected chi connectivity index (χ4v) is 4.42. The van der Waals surface area contributed by atoms with Crippen molar-refractivity contribution in [2.24, 2.45) is 5.92 Å². The largest absolute Gasteiger partial charge is 0.495 e. The molecule has 0 saturated heterocycles. The molecule has 2 aromatic carbocycles. The van der Waals surface area contributed by atoms with Gasteiger partial charge in [0.25, 0.3) is 5.91 Å². The Morgan fingerprint density at radius 1 is 1.19 bits per heavy atom. The minimum Gasteiger partial charge on any atom is -0.495 e. The van der Waals surface area contributed by atoms with E-state index < -0.39 is 0 Å². The normalized spacial score (nSPS) is 11.7. The summed E-state index contributed by atoms with van der Waals surface area (Å²) in [5, 5.41) is 15.6. The molecule has 190 valence electrons. The minimum atomic E-state index is -0.384. The second-order valence-corrected chi connectivity index (χ2v) is 9.86.